The van der Waals surface area contributed by atoms with E-state index in [2.05, 4.69) is 6.07 Å². The molecule has 72 valence electrons. The van der Waals surface area contributed by atoms with Crippen molar-refractivity contribution in [3.8, 4) is 0 Å². The molecule has 0 amide bonds. The fourth-order valence-electron chi connectivity index (χ4n) is 1.81. The average molecular weight is 187 g/mol. The first-order valence-corrected chi connectivity index (χ1v) is 4.73. The molecule has 1 aliphatic rings. The van der Waals surface area contributed by atoms with Gasteiger partial charge in [0.2, 0.25) is 0 Å². The summed E-state index contributed by atoms with van der Waals surface area (Å²) in [7, 11) is 0. The van der Waals surface area contributed by atoms with Crippen molar-refractivity contribution in [2.75, 3.05) is 0 Å². The lowest BCUT2D eigenvalue weighted by atomic mass is 9.91. The van der Waals surface area contributed by atoms with Gasteiger partial charge in [-0.05, 0) is 24.0 Å². The Bertz CT molecular complexity index is 391. The zero-order chi connectivity index (χ0) is 9.97. The van der Waals surface area contributed by atoms with Crippen LogP contribution in [-0.2, 0) is 11.2 Å². The Hall–Kier alpha value is -1.57. The smallest absolute Gasteiger partial charge is 0.0454 e. The van der Waals surface area contributed by atoms with Crippen molar-refractivity contribution in [3.05, 3.63) is 41.0 Å². The minimum Gasteiger partial charge on any atom is -0.550 e. The number of carboxylic acid groups (broad SMARTS) is 1. The molecule has 0 saturated carbocycles. The van der Waals surface area contributed by atoms with Crippen LogP contribution in [0.3, 0.4) is 0 Å². The summed E-state index contributed by atoms with van der Waals surface area (Å²) in [6.07, 6.45) is 3.81. The van der Waals surface area contributed by atoms with Crippen LogP contribution in [0.1, 0.15) is 24.0 Å². The molecule has 2 heteroatoms. The standard InChI is InChI=1S/C12H12O2/c13-12(14)8-9-5-6-10-3-1-2-4-11(10)7-9/h1-4,7H,5-6,8H2,(H,13,14)/p-1. The number of benzene rings is 1. The van der Waals surface area contributed by atoms with E-state index in [1.807, 2.05) is 24.3 Å². The van der Waals surface area contributed by atoms with Gasteiger partial charge in [-0.1, -0.05) is 35.9 Å². The van der Waals surface area contributed by atoms with E-state index in [-0.39, 0.29) is 6.42 Å². The minimum absolute atomic E-state index is 0.0638. The van der Waals surface area contributed by atoms with Gasteiger partial charge in [0.05, 0.1) is 0 Å². The Balaban J connectivity index is 2.26. The highest BCUT2D eigenvalue weighted by Gasteiger charge is 2.09. The van der Waals surface area contributed by atoms with Gasteiger partial charge >= 0.3 is 0 Å². The maximum atomic E-state index is 10.4. The topological polar surface area (TPSA) is 40.1 Å². The van der Waals surface area contributed by atoms with Crippen molar-refractivity contribution >= 4 is 12.0 Å². The van der Waals surface area contributed by atoms with Gasteiger partial charge in [-0.3, -0.25) is 0 Å². The first kappa shape index (κ1) is 9.00. The van der Waals surface area contributed by atoms with Crippen LogP contribution < -0.4 is 5.11 Å². The summed E-state index contributed by atoms with van der Waals surface area (Å²) >= 11 is 0. The van der Waals surface area contributed by atoms with Crippen LogP contribution in [0.2, 0.25) is 0 Å². The van der Waals surface area contributed by atoms with Crippen molar-refractivity contribution in [1.82, 2.24) is 0 Å². The molecule has 0 radical (unpaired) electrons. The third-order valence-electron chi connectivity index (χ3n) is 2.50. The van der Waals surface area contributed by atoms with Gasteiger partial charge in [0.15, 0.2) is 0 Å². The van der Waals surface area contributed by atoms with Crippen LogP contribution in [0.25, 0.3) is 6.08 Å². The van der Waals surface area contributed by atoms with Gasteiger partial charge < -0.3 is 9.90 Å². The van der Waals surface area contributed by atoms with Crippen molar-refractivity contribution in [2.24, 2.45) is 0 Å². The molecule has 0 fully saturated rings. The number of hydrogen-bond donors (Lipinski definition) is 0. The molecule has 0 spiro atoms. The number of carbonyl (C=O) groups excluding carboxylic acids is 1. The number of carbonyl (C=O) groups is 1. The first-order chi connectivity index (χ1) is 6.75. The Morgan fingerprint density at radius 1 is 1.29 bits per heavy atom. The third-order valence-corrected chi connectivity index (χ3v) is 2.50. The molecule has 2 nitrogen and oxygen atoms in total. The van der Waals surface area contributed by atoms with E-state index in [1.54, 1.807) is 0 Å². The van der Waals surface area contributed by atoms with E-state index in [4.69, 9.17) is 0 Å². The zero-order valence-corrected chi connectivity index (χ0v) is 7.82. The fraction of sp³-hybridized carbons (Fsp3) is 0.250. The number of aryl methyl sites for hydroxylation is 1. The molecule has 1 aromatic carbocycles. The lowest BCUT2D eigenvalue weighted by Crippen LogP contribution is -2.22. The molecule has 0 atom stereocenters. The second kappa shape index (κ2) is 3.66. The molecule has 0 saturated heterocycles. The lowest BCUT2D eigenvalue weighted by molar-refractivity contribution is -0.304. The van der Waals surface area contributed by atoms with Gasteiger partial charge in [0, 0.05) is 12.4 Å². The monoisotopic (exact) mass is 187 g/mol. The number of hydrogen-bond acceptors (Lipinski definition) is 2. The molecular formula is C12H11O2-. The normalized spacial score (nSPS) is 14.4. The van der Waals surface area contributed by atoms with Gasteiger partial charge in [-0.15, -0.1) is 0 Å². The molecule has 14 heavy (non-hydrogen) atoms. The summed E-state index contributed by atoms with van der Waals surface area (Å²) in [6.45, 7) is 0. The van der Waals surface area contributed by atoms with Crippen molar-refractivity contribution in [3.63, 3.8) is 0 Å². The summed E-state index contributed by atoms with van der Waals surface area (Å²) in [5.74, 6) is -0.990. The minimum atomic E-state index is -0.990. The predicted molar refractivity (Wildman–Crippen MR) is 52.4 cm³/mol. The molecule has 1 aromatic rings. The first-order valence-electron chi connectivity index (χ1n) is 4.73. The van der Waals surface area contributed by atoms with Crippen LogP contribution in [0, 0.1) is 0 Å². The van der Waals surface area contributed by atoms with Gasteiger partial charge in [0.1, 0.15) is 0 Å². The second-order valence-corrected chi connectivity index (χ2v) is 3.55. The van der Waals surface area contributed by atoms with Gasteiger partial charge in [-0.2, -0.15) is 0 Å². The summed E-state index contributed by atoms with van der Waals surface area (Å²) in [5.41, 5.74) is 3.41. The average Bonchev–Trinajstić information content (AvgIpc) is 2.17. The van der Waals surface area contributed by atoms with Crippen LogP contribution in [-0.4, -0.2) is 5.97 Å². The molecule has 0 unspecified atom stereocenters. The quantitative estimate of drug-likeness (QED) is 0.697. The highest BCUT2D eigenvalue weighted by Crippen LogP contribution is 2.24. The predicted octanol–water partition coefficient (Wildman–Crippen LogP) is 1.16. The van der Waals surface area contributed by atoms with Crippen molar-refractivity contribution in [1.29, 1.82) is 0 Å². The van der Waals surface area contributed by atoms with Crippen LogP contribution >= 0.6 is 0 Å². The number of aliphatic carboxylic acids is 1. The van der Waals surface area contributed by atoms with Gasteiger partial charge in [0.25, 0.3) is 0 Å². The fourth-order valence-corrected chi connectivity index (χ4v) is 1.81. The molecule has 2 rings (SSSR count). The molecular weight excluding hydrogens is 176 g/mol. The molecule has 0 N–H and O–H groups in total. The van der Waals surface area contributed by atoms with Gasteiger partial charge in [-0.25, -0.2) is 0 Å². The molecule has 0 bridgehead atoms. The Kier molecular flexibility index (Phi) is 2.35. The highest BCUT2D eigenvalue weighted by atomic mass is 16.4. The number of fused-ring (bicyclic) bond motifs is 1. The number of rotatable bonds is 2. The van der Waals surface area contributed by atoms with Crippen LogP contribution in [0.4, 0.5) is 0 Å². The Labute approximate surface area is 82.9 Å². The van der Waals surface area contributed by atoms with E-state index >= 15 is 0 Å². The highest BCUT2D eigenvalue weighted by molar-refractivity contribution is 5.72. The second-order valence-electron chi connectivity index (χ2n) is 3.55. The SMILES string of the molecule is O=C([O-])CC1=Cc2ccccc2CC1. The largest absolute Gasteiger partial charge is 0.550 e. The summed E-state index contributed by atoms with van der Waals surface area (Å²) in [5, 5.41) is 10.4. The molecule has 0 aliphatic heterocycles. The maximum absolute atomic E-state index is 10.4. The van der Waals surface area contributed by atoms with Crippen molar-refractivity contribution in [2.45, 2.75) is 19.3 Å². The summed E-state index contributed by atoms with van der Waals surface area (Å²) in [6, 6.07) is 8.08. The van der Waals surface area contributed by atoms with E-state index < -0.39 is 5.97 Å². The van der Waals surface area contributed by atoms with E-state index in [9.17, 15) is 9.90 Å². The number of carboxylic acids is 1. The summed E-state index contributed by atoms with van der Waals surface area (Å²) in [4.78, 5) is 10.4. The molecule has 0 heterocycles. The van der Waals surface area contributed by atoms with Crippen LogP contribution in [0.5, 0.6) is 0 Å². The lowest BCUT2D eigenvalue weighted by Gasteiger charge is -2.16. The maximum Gasteiger partial charge on any atom is 0.0454 e. The Morgan fingerprint density at radius 2 is 2.07 bits per heavy atom. The van der Waals surface area contributed by atoms with E-state index in [0.29, 0.717) is 0 Å². The molecule has 0 aromatic heterocycles. The van der Waals surface area contributed by atoms with E-state index in [0.717, 1.165) is 24.0 Å². The van der Waals surface area contributed by atoms with Crippen molar-refractivity contribution < 1.29 is 9.90 Å². The Morgan fingerprint density at radius 3 is 2.86 bits per heavy atom. The van der Waals surface area contributed by atoms with Crippen LogP contribution in [0.15, 0.2) is 29.8 Å². The third kappa shape index (κ3) is 1.84. The zero-order valence-electron chi connectivity index (χ0n) is 7.82. The summed E-state index contributed by atoms with van der Waals surface area (Å²) < 4.78 is 0. The van der Waals surface area contributed by atoms with E-state index in [1.165, 1.54) is 5.56 Å². The molecule has 1 aliphatic carbocycles.